The molecule has 1 aromatic heterocycles. The number of amides is 1. The summed E-state index contributed by atoms with van der Waals surface area (Å²) in [5.41, 5.74) is 0.515. The van der Waals surface area contributed by atoms with Gasteiger partial charge in [-0.25, -0.2) is 16.8 Å². The van der Waals surface area contributed by atoms with E-state index in [4.69, 9.17) is 21.1 Å². The van der Waals surface area contributed by atoms with Gasteiger partial charge in [-0.3, -0.25) is 0 Å². The number of halogens is 1. The van der Waals surface area contributed by atoms with Gasteiger partial charge in [0.15, 0.2) is 0 Å². The van der Waals surface area contributed by atoms with Gasteiger partial charge >= 0.3 is 75.0 Å². The second kappa shape index (κ2) is 14.5. The molecule has 0 unspecified atom stereocenters. The summed E-state index contributed by atoms with van der Waals surface area (Å²) >= 11 is 5.93. The predicted octanol–water partition coefficient (Wildman–Crippen LogP) is 1.10. The molecule has 8 heteroatoms. The van der Waals surface area contributed by atoms with Crippen LogP contribution in [0.2, 0.25) is 5.15 Å². The van der Waals surface area contributed by atoms with Crippen LogP contribution in [-0.2, 0) is 11.3 Å². The number of hydrogen-bond donors (Lipinski definition) is 1. The molecule has 1 aromatic rings. The quantitative estimate of drug-likeness (QED) is 0.326. The predicted molar refractivity (Wildman–Crippen MR) is 101 cm³/mol. The van der Waals surface area contributed by atoms with E-state index in [2.05, 4.69) is 17.3 Å². The van der Waals surface area contributed by atoms with Crippen LogP contribution in [0.5, 0.6) is 5.88 Å². The largest absolute Gasteiger partial charge is 1.00 e. The van der Waals surface area contributed by atoms with Crippen molar-refractivity contribution in [2.75, 3.05) is 20.2 Å². The monoisotopic (exact) mass is 504 g/mol. The van der Waals surface area contributed by atoms with Crippen LogP contribution in [0.1, 0.15) is 39.2 Å². The third-order valence-electron chi connectivity index (χ3n) is 3.05. The van der Waals surface area contributed by atoms with Gasteiger partial charge in [0.2, 0.25) is 5.88 Å². The summed E-state index contributed by atoms with van der Waals surface area (Å²) in [6, 6.07) is 3.65. The van der Waals surface area contributed by atoms with E-state index in [1.165, 1.54) is 4.90 Å². The van der Waals surface area contributed by atoms with E-state index in [0.29, 0.717) is 24.1 Å². The van der Waals surface area contributed by atoms with Crippen molar-refractivity contribution in [1.29, 1.82) is 0 Å². The van der Waals surface area contributed by atoms with Crippen molar-refractivity contribution in [3.8, 4) is 5.88 Å². The van der Waals surface area contributed by atoms with E-state index in [0.717, 1.165) is 24.9 Å². The Balaban J connectivity index is 0. The fraction of sp³-hybridized carbons (Fsp3) is 0.556. The summed E-state index contributed by atoms with van der Waals surface area (Å²) in [5, 5.41) is 3.74. The number of carbonyl (C=O) groups excluding carboxylic acids is 1. The van der Waals surface area contributed by atoms with Crippen molar-refractivity contribution in [3.05, 3.63) is 37.3 Å². The molecule has 0 spiro atoms. The number of nitrogens with one attached hydrogen (secondary N) is 1. The summed E-state index contributed by atoms with van der Waals surface area (Å²) in [5.74, 6) is 0.504. The molecular formula is C18H30ClCsN3O3-. The molecule has 0 saturated heterocycles. The smallest absolute Gasteiger partial charge is 0.481 e. The van der Waals surface area contributed by atoms with Gasteiger partial charge in [-0.2, -0.15) is 0 Å². The molecule has 1 rings (SSSR count). The first kappa shape index (κ1) is 28.7. The first-order valence-electron chi connectivity index (χ1n) is 7.93. The number of nitrogens with zero attached hydrogens (tertiary/aromatic N) is 2. The van der Waals surface area contributed by atoms with Gasteiger partial charge < -0.3 is 27.1 Å². The third kappa shape index (κ3) is 12.8. The molecule has 0 aromatic carbocycles. The van der Waals surface area contributed by atoms with Crippen LogP contribution >= 0.6 is 11.6 Å². The van der Waals surface area contributed by atoms with Crippen molar-refractivity contribution in [2.24, 2.45) is 0 Å². The van der Waals surface area contributed by atoms with E-state index in [-0.39, 0.29) is 76.3 Å². The molecule has 0 aliphatic rings. The molecule has 0 saturated carbocycles. The number of pyridine rings is 1. The summed E-state index contributed by atoms with van der Waals surface area (Å²) in [4.78, 5) is 17.1. The molecule has 26 heavy (non-hydrogen) atoms. The van der Waals surface area contributed by atoms with Gasteiger partial charge in [0, 0.05) is 12.6 Å². The van der Waals surface area contributed by atoms with Crippen molar-refractivity contribution >= 4 is 17.7 Å². The maximum Gasteiger partial charge on any atom is 1.00 e. The Labute approximate surface area is 222 Å². The molecule has 144 valence electrons. The van der Waals surface area contributed by atoms with Crippen molar-refractivity contribution < 1.29 is 83.2 Å². The van der Waals surface area contributed by atoms with E-state index < -0.39 is 11.7 Å². The minimum absolute atomic E-state index is 0. The maximum atomic E-state index is 11.8. The van der Waals surface area contributed by atoms with E-state index >= 15 is 0 Å². The van der Waals surface area contributed by atoms with Crippen LogP contribution in [-0.4, -0.2) is 41.8 Å². The topological polar surface area (TPSA) is 63.7 Å². The zero-order valence-electron chi connectivity index (χ0n) is 16.9. The van der Waals surface area contributed by atoms with Crippen LogP contribution in [0.25, 0.3) is 0 Å². The van der Waals surface area contributed by atoms with Gasteiger partial charge in [-0.1, -0.05) is 11.6 Å². The molecule has 0 aliphatic heterocycles. The Kier molecular flexibility index (Phi) is 16.0. The molecule has 0 aliphatic carbocycles. The molecule has 0 atom stereocenters. The molecule has 6 nitrogen and oxygen atoms in total. The number of aromatic nitrogens is 1. The molecule has 1 amide bonds. The molecule has 1 heterocycles. The van der Waals surface area contributed by atoms with Gasteiger partial charge in [0.05, 0.1) is 7.11 Å². The first-order valence-corrected chi connectivity index (χ1v) is 8.31. The van der Waals surface area contributed by atoms with Crippen LogP contribution in [0.15, 0.2) is 12.1 Å². The second-order valence-corrected chi connectivity index (χ2v) is 6.86. The van der Waals surface area contributed by atoms with Gasteiger partial charge in [0.1, 0.15) is 10.8 Å². The molecule has 0 radical (unpaired) electrons. The Bertz CT molecular complexity index is 539. The Hall–Kier alpha value is 0.522. The first-order chi connectivity index (χ1) is 11.2. The molecule has 1 N–H and O–H groups in total. The van der Waals surface area contributed by atoms with Crippen LogP contribution in [0, 0.1) is 14.5 Å². The average molecular weight is 505 g/mol. The summed E-state index contributed by atoms with van der Waals surface area (Å²) in [6.45, 7) is 7.57. The fourth-order valence-electron chi connectivity index (χ4n) is 1.93. The van der Waals surface area contributed by atoms with Crippen molar-refractivity contribution in [2.45, 2.75) is 45.8 Å². The number of hydrogen-bond acceptors (Lipinski definition) is 5. The second-order valence-electron chi connectivity index (χ2n) is 6.47. The Morgan fingerprint density at radius 1 is 1.35 bits per heavy atom. The zero-order chi connectivity index (χ0) is 18.2. The standard InChI is InChI=1S/C17H27ClN3O3.CH3.Cs/c1-17(2,3)24-16(22)21(4)9-7-6-8-19-12-13-10-14(18)20-15(11-13)23-5;;/h10-11,19H,4,6-9,12H2,1-3,5H3;1H3;/q2*-1;+1. The number of ether oxygens (including phenoxy) is 2. The minimum Gasteiger partial charge on any atom is -0.481 e. The van der Waals surface area contributed by atoms with E-state index in [1.54, 1.807) is 13.2 Å². The third-order valence-corrected chi connectivity index (χ3v) is 3.25. The minimum atomic E-state index is -0.499. The Morgan fingerprint density at radius 2 is 2.00 bits per heavy atom. The van der Waals surface area contributed by atoms with Gasteiger partial charge in [0.25, 0.3) is 0 Å². The summed E-state index contributed by atoms with van der Waals surface area (Å²) in [6.07, 6.45) is 1.37. The SMILES string of the molecule is [CH2-]N(CCCCNCc1cc(Cl)nc(OC)c1)C(=O)OC(C)(C)C.[CH3-].[Cs+]. The summed E-state index contributed by atoms with van der Waals surface area (Å²) in [7, 11) is 5.28. The van der Waals surface area contributed by atoms with Crippen LogP contribution in [0.3, 0.4) is 0 Å². The van der Waals surface area contributed by atoms with Crippen molar-refractivity contribution in [1.82, 2.24) is 15.2 Å². The summed E-state index contributed by atoms with van der Waals surface area (Å²) < 4.78 is 10.3. The molecular weight excluding hydrogens is 475 g/mol. The normalized spacial score (nSPS) is 10.4. The van der Waals surface area contributed by atoms with Crippen LogP contribution < -0.4 is 78.9 Å². The zero-order valence-corrected chi connectivity index (χ0v) is 23.9. The number of rotatable bonds is 8. The molecule has 0 fully saturated rings. The Morgan fingerprint density at radius 3 is 2.58 bits per heavy atom. The van der Waals surface area contributed by atoms with Crippen molar-refractivity contribution in [3.63, 3.8) is 0 Å². The van der Waals surface area contributed by atoms with E-state index in [1.807, 2.05) is 26.8 Å². The maximum absolute atomic E-state index is 11.8. The van der Waals surface area contributed by atoms with E-state index in [9.17, 15) is 4.79 Å². The molecule has 0 bridgehead atoms. The average Bonchev–Trinajstić information content (AvgIpc) is 2.48. The van der Waals surface area contributed by atoms with Crippen LogP contribution in [0.4, 0.5) is 4.79 Å². The number of methoxy groups -OCH3 is 1. The number of carbonyl (C=O) groups is 1. The number of unbranched alkanes of at least 4 members (excludes halogenated alkanes) is 1. The van der Waals surface area contributed by atoms with Gasteiger partial charge in [-0.05, 0) is 58.3 Å². The van der Waals surface area contributed by atoms with Gasteiger partial charge in [-0.15, -0.1) is 0 Å². The fourth-order valence-corrected chi connectivity index (χ4v) is 2.16.